The van der Waals surface area contributed by atoms with Crippen LogP contribution in [0.1, 0.15) is 34.0 Å². The molecule has 0 heterocycles. The maximum absolute atomic E-state index is 12.6. The SMILES string of the molecule is CC(=O)Nc1ccccc1C(=O)N[C@@H](Cc1ccc(C)c(C)c1)C(N)=O. The molecular weight excluding hydrogens is 330 g/mol. The molecule has 0 fully saturated rings. The molecule has 2 rings (SSSR count). The summed E-state index contributed by atoms with van der Waals surface area (Å²) >= 11 is 0. The second-order valence-corrected chi connectivity index (χ2v) is 6.28. The van der Waals surface area contributed by atoms with Crippen LogP contribution in [0.15, 0.2) is 42.5 Å². The van der Waals surface area contributed by atoms with Crippen LogP contribution in [0, 0.1) is 13.8 Å². The van der Waals surface area contributed by atoms with Gasteiger partial charge < -0.3 is 16.4 Å². The Labute approximate surface area is 152 Å². The zero-order valence-electron chi connectivity index (χ0n) is 15.1. The van der Waals surface area contributed by atoms with E-state index in [2.05, 4.69) is 10.6 Å². The number of carbonyl (C=O) groups is 3. The number of hydrogen-bond acceptors (Lipinski definition) is 3. The van der Waals surface area contributed by atoms with E-state index in [1.54, 1.807) is 24.3 Å². The molecule has 3 amide bonds. The fourth-order valence-electron chi connectivity index (χ4n) is 2.60. The van der Waals surface area contributed by atoms with Gasteiger partial charge in [-0.05, 0) is 42.7 Å². The summed E-state index contributed by atoms with van der Waals surface area (Å²) in [7, 11) is 0. The third-order valence-electron chi connectivity index (χ3n) is 4.14. The largest absolute Gasteiger partial charge is 0.368 e. The summed E-state index contributed by atoms with van der Waals surface area (Å²) in [5.41, 5.74) is 9.29. The quantitative estimate of drug-likeness (QED) is 0.741. The molecule has 136 valence electrons. The smallest absolute Gasteiger partial charge is 0.254 e. The van der Waals surface area contributed by atoms with Crippen molar-refractivity contribution in [3.63, 3.8) is 0 Å². The number of rotatable bonds is 6. The molecule has 0 saturated carbocycles. The molecule has 4 N–H and O–H groups in total. The Morgan fingerprint density at radius 1 is 1.04 bits per heavy atom. The molecule has 26 heavy (non-hydrogen) atoms. The first-order chi connectivity index (χ1) is 12.3. The number of para-hydroxylation sites is 1. The fourth-order valence-corrected chi connectivity index (χ4v) is 2.60. The molecule has 0 saturated heterocycles. The van der Waals surface area contributed by atoms with Gasteiger partial charge in [0, 0.05) is 13.3 Å². The first-order valence-electron chi connectivity index (χ1n) is 8.31. The van der Waals surface area contributed by atoms with Crippen LogP contribution in [0.3, 0.4) is 0 Å². The number of nitrogens with one attached hydrogen (secondary N) is 2. The third-order valence-corrected chi connectivity index (χ3v) is 4.14. The van der Waals surface area contributed by atoms with Crippen molar-refractivity contribution in [2.24, 2.45) is 5.73 Å². The highest BCUT2D eigenvalue weighted by molar-refractivity contribution is 6.04. The molecule has 2 aromatic carbocycles. The molecule has 0 radical (unpaired) electrons. The summed E-state index contributed by atoms with van der Waals surface area (Å²) in [5, 5.41) is 5.27. The van der Waals surface area contributed by atoms with Crippen molar-refractivity contribution in [1.82, 2.24) is 5.32 Å². The third kappa shape index (κ3) is 4.92. The Morgan fingerprint density at radius 2 is 1.73 bits per heavy atom. The van der Waals surface area contributed by atoms with Crippen molar-refractivity contribution in [1.29, 1.82) is 0 Å². The lowest BCUT2D eigenvalue weighted by Gasteiger charge is -2.17. The molecule has 0 spiro atoms. The maximum atomic E-state index is 12.6. The number of primary amides is 1. The highest BCUT2D eigenvalue weighted by atomic mass is 16.2. The standard InChI is InChI=1S/C20H23N3O3/c1-12-8-9-15(10-13(12)2)11-18(19(21)25)23-20(26)16-6-4-5-7-17(16)22-14(3)24/h4-10,18H,11H2,1-3H3,(H2,21,25)(H,22,24)(H,23,26)/t18-/m0/s1. The van der Waals surface area contributed by atoms with Gasteiger partial charge in [-0.3, -0.25) is 14.4 Å². The van der Waals surface area contributed by atoms with Crippen LogP contribution in [0.4, 0.5) is 5.69 Å². The topological polar surface area (TPSA) is 101 Å². The van der Waals surface area contributed by atoms with Gasteiger partial charge in [-0.2, -0.15) is 0 Å². The Balaban J connectivity index is 2.19. The van der Waals surface area contributed by atoms with Crippen LogP contribution < -0.4 is 16.4 Å². The molecule has 0 aromatic heterocycles. The summed E-state index contributed by atoms with van der Waals surface area (Å²) in [6, 6.07) is 11.6. The van der Waals surface area contributed by atoms with Gasteiger partial charge in [0.25, 0.3) is 5.91 Å². The van der Waals surface area contributed by atoms with Gasteiger partial charge in [-0.25, -0.2) is 0 Å². The molecule has 0 bridgehead atoms. The predicted molar refractivity (Wildman–Crippen MR) is 101 cm³/mol. The molecule has 0 aliphatic carbocycles. The van der Waals surface area contributed by atoms with E-state index < -0.39 is 17.9 Å². The number of anilines is 1. The van der Waals surface area contributed by atoms with Crippen LogP contribution >= 0.6 is 0 Å². The minimum atomic E-state index is -0.852. The molecule has 1 atom stereocenters. The van der Waals surface area contributed by atoms with Gasteiger partial charge in [0.15, 0.2) is 0 Å². The second kappa shape index (κ2) is 8.29. The van der Waals surface area contributed by atoms with E-state index in [0.717, 1.165) is 16.7 Å². The van der Waals surface area contributed by atoms with Gasteiger partial charge in [-0.1, -0.05) is 30.3 Å². The monoisotopic (exact) mass is 353 g/mol. The lowest BCUT2D eigenvalue weighted by atomic mass is 10.00. The molecule has 0 aliphatic heterocycles. The van der Waals surface area contributed by atoms with Crippen molar-refractivity contribution < 1.29 is 14.4 Å². The summed E-state index contributed by atoms with van der Waals surface area (Å²) in [6.45, 7) is 5.35. The van der Waals surface area contributed by atoms with E-state index in [1.807, 2.05) is 32.0 Å². The highest BCUT2D eigenvalue weighted by Gasteiger charge is 2.21. The molecule has 0 unspecified atom stereocenters. The minimum absolute atomic E-state index is 0.272. The van der Waals surface area contributed by atoms with E-state index in [1.165, 1.54) is 6.92 Å². The van der Waals surface area contributed by atoms with Crippen molar-refractivity contribution in [3.8, 4) is 0 Å². The zero-order chi connectivity index (χ0) is 19.3. The van der Waals surface area contributed by atoms with E-state index in [0.29, 0.717) is 12.1 Å². The Kier molecular flexibility index (Phi) is 6.11. The number of amides is 3. The Hall–Kier alpha value is -3.15. The van der Waals surface area contributed by atoms with E-state index in [9.17, 15) is 14.4 Å². The summed E-state index contributed by atoms with van der Waals surface area (Å²) < 4.78 is 0. The summed E-state index contributed by atoms with van der Waals surface area (Å²) in [4.78, 5) is 35.7. The van der Waals surface area contributed by atoms with Gasteiger partial charge in [-0.15, -0.1) is 0 Å². The average molecular weight is 353 g/mol. The van der Waals surface area contributed by atoms with Crippen LogP contribution in [-0.2, 0) is 16.0 Å². The highest BCUT2D eigenvalue weighted by Crippen LogP contribution is 2.16. The van der Waals surface area contributed by atoms with E-state index in [4.69, 9.17) is 5.73 Å². The number of benzene rings is 2. The number of carbonyl (C=O) groups excluding carboxylic acids is 3. The van der Waals surface area contributed by atoms with Gasteiger partial charge in [0.05, 0.1) is 11.3 Å². The van der Waals surface area contributed by atoms with Crippen molar-refractivity contribution in [3.05, 3.63) is 64.7 Å². The average Bonchev–Trinajstić information content (AvgIpc) is 2.57. The summed E-state index contributed by atoms with van der Waals surface area (Å²) in [5.74, 6) is -1.37. The number of hydrogen-bond donors (Lipinski definition) is 3. The van der Waals surface area contributed by atoms with Crippen molar-refractivity contribution in [2.45, 2.75) is 33.2 Å². The van der Waals surface area contributed by atoms with Crippen molar-refractivity contribution in [2.75, 3.05) is 5.32 Å². The normalized spacial score (nSPS) is 11.5. The maximum Gasteiger partial charge on any atom is 0.254 e. The first kappa shape index (κ1) is 19.2. The molecule has 6 nitrogen and oxygen atoms in total. The van der Waals surface area contributed by atoms with Crippen LogP contribution in [0.5, 0.6) is 0 Å². The lowest BCUT2D eigenvalue weighted by molar-refractivity contribution is -0.119. The van der Waals surface area contributed by atoms with E-state index >= 15 is 0 Å². The lowest BCUT2D eigenvalue weighted by Crippen LogP contribution is -2.46. The minimum Gasteiger partial charge on any atom is -0.368 e. The van der Waals surface area contributed by atoms with E-state index in [-0.39, 0.29) is 11.5 Å². The predicted octanol–water partition coefficient (Wildman–Crippen LogP) is 2.09. The molecule has 0 aliphatic rings. The second-order valence-electron chi connectivity index (χ2n) is 6.28. The Bertz CT molecular complexity index is 846. The number of aryl methyl sites for hydroxylation is 2. The fraction of sp³-hybridized carbons (Fsp3) is 0.250. The Morgan fingerprint density at radius 3 is 2.35 bits per heavy atom. The molecular formula is C20H23N3O3. The van der Waals surface area contributed by atoms with Crippen LogP contribution in [0.25, 0.3) is 0 Å². The summed E-state index contributed by atoms with van der Waals surface area (Å²) in [6.07, 6.45) is 0.296. The molecule has 2 aromatic rings. The van der Waals surface area contributed by atoms with Crippen LogP contribution in [-0.4, -0.2) is 23.8 Å². The van der Waals surface area contributed by atoms with Crippen molar-refractivity contribution >= 4 is 23.4 Å². The van der Waals surface area contributed by atoms with Gasteiger partial charge in [0.2, 0.25) is 11.8 Å². The number of nitrogens with two attached hydrogens (primary N) is 1. The van der Waals surface area contributed by atoms with Gasteiger partial charge >= 0.3 is 0 Å². The van der Waals surface area contributed by atoms with Crippen LogP contribution in [0.2, 0.25) is 0 Å². The molecule has 6 heteroatoms. The zero-order valence-corrected chi connectivity index (χ0v) is 15.1. The van der Waals surface area contributed by atoms with Gasteiger partial charge in [0.1, 0.15) is 6.04 Å². The first-order valence-corrected chi connectivity index (χ1v) is 8.31.